The molecule has 3 rings (SSSR count). The minimum Gasteiger partial charge on any atom is -0.339 e. The Bertz CT molecular complexity index is 551. The van der Waals surface area contributed by atoms with Crippen LogP contribution in [0.15, 0.2) is 24.3 Å². The maximum Gasteiger partial charge on any atom is 0.236 e. The summed E-state index contributed by atoms with van der Waals surface area (Å²) in [5, 5.41) is 3.32. The van der Waals surface area contributed by atoms with Crippen molar-refractivity contribution in [3.05, 3.63) is 35.4 Å². The number of nitrogens with one attached hydrogen (secondary N) is 1. The van der Waals surface area contributed by atoms with E-state index >= 15 is 0 Å². The lowest BCUT2D eigenvalue weighted by molar-refractivity contribution is -0.134. The largest absolute Gasteiger partial charge is 0.339 e. The minimum atomic E-state index is 0.289. The van der Waals surface area contributed by atoms with Crippen LogP contribution in [0.3, 0.4) is 0 Å². The molecule has 0 aliphatic carbocycles. The van der Waals surface area contributed by atoms with Gasteiger partial charge in [-0.05, 0) is 44.6 Å². The second kappa shape index (κ2) is 8.79. The molecule has 1 N–H and O–H groups in total. The molecule has 2 heterocycles. The number of hydrogen-bond donors (Lipinski definition) is 1. The van der Waals surface area contributed by atoms with Crippen molar-refractivity contribution in [1.29, 1.82) is 0 Å². The number of piperazine rings is 1. The first-order valence-electron chi connectivity index (χ1n) is 9.59. The fourth-order valence-electron chi connectivity index (χ4n) is 3.96. The summed E-state index contributed by atoms with van der Waals surface area (Å²) in [4.78, 5) is 19.3. The number of carbonyl (C=O) groups is 1. The van der Waals surface area contributed by atoms with Crippen LogP contribution in [0.4, 0.5) is 0 Å². The van der Waals surface area contributed by atoms with Crippen LogP contribution in [0.5, 0.6) is 0 Å². The van der Waals surface area contributed by atoms with Crippen molar-refractivity contribution in [2.24, 2.45) is 0 Å². The summed E-state index contributed by atoms with van der Waals surface area (Å²) in [5.74, 6) is 0.289. The van der Waals surface area contributed by atoms with E-state index in [0.29, 0.717) is 12.6 Å². The molecular weight excluding hydrogens is 312 g/mol. The van der Waals surface area contributed by atoms with Gasteiger partial charge in [0, 0.05) is 38.8 Å². The first-order chi connectivity index (χ1) is 12.1. The summed E-state index contributed by atoms with van der Waals surface area (Å²) >= 11 is 0. The monoisotopic (exact) mass is 344 g/mol. The predicted molar refractivity (Wildman–Crippen MR) is 101 cm³/mol. The molecule has 5 heteroatoms. The summed E-state index contributed by atoms with van der Waals surface area (Å²) in [5.41, 5.74) is 2.70. The van der Waals surface area contributed by atoms with Gasteiger partial charge in [0.2, 0.25) is 5.91 Å². The van der Waals surface area contributed by atoms with Crippen molar-refractivity contribution in [3.8, 4) is 0 Å². The van der Waals surface area contributed by atoms with Crippen LogP contribution >= 0.6 is 0 Å². The Morgan fingerprint density at radius 1 is 1.12 bits per heavy atom. The van der Waals surface area contributed by atoms with Crippen LogP contribution in [0.1, 0.15) is 36.4 Å². The van der Waals surface area contributed by atoms with Gasteiger partial charge < -0.3 is 15.1 Å². The third-order valence-electron chi connectivity index (χ3n) is 5.29. The molecule has 138 valence electrons. The van der Waals surface area contributed by atoms with Gasteiger partial charge in [-0.2, -0.15) is 0 Å². The summed E-state index contributed by atoms with van der Waals surface area (Å²) < 4.78 is 0. The van der Waals surface area contributed by atoms with Gasteiger partial charge in [-0.3, -0.25) is 9.69 Å². The molecule has 1 amide bonds. The van der Waals surface area contributed by atoms with E-state index in [9.17, 15) is 4.79 Å². The van der Waals surface area contributed by atoms with E-state index in [-0.39, 0.29) is 5.91 Å². The molecule has 2 aliphatic heterocycles. The zero-order chi connectivity index (χ0) is 17.6. The second-order valence-electron chi connectivity index (χ2n) is 7.59. The first-order valence-corrected chi connectivity index (χ1v) is 9.59. The topological polar surface area (TPSA) is 38.8 Å². The van der Waals surface area contributed by atoms with Gasteiger partial charge in [-0.15, -0.1) is 0 Å². The average Bonchev–Trinajstić information content (AvgIpc) is 2.63. The van der Waals surface area contributed by atoms with Crippen molar-refractivity contribution in [2.45, 2.75) is 31.8 Å². The van der Waals surface area contributed by atoms with E-state index in [1.807, 2.05) is 4.90 Å². The fourth-order valence-corrected chi connectivity index (χ4v) is 3.96. The zero-order valence-electron chi connectivity index (χ0n) is 15.7. The number of piperidine rings is 1. The Morgan fingerprint density at radius 3 is 2.52 bits per heavy atom. The second-order valence-corrected chi connectivity index (χ2v) is 7.59. The van der Waals surface area contributed by atoms with Gasteiger partial charge in [0.05, 0.1) is 6.54 Å². The molecule has 0 saturated carbocycles. The Hall–Kier alpha value is -1.43. The Labute approximate surface area is 152 Å². The maximum absolute atomic E-state index is 12.7. The van der Waals surface area contributed by atoms with Crippen LogP contribution in [-0.2, 0) is 11.3 Å². The van der Waals surface area contributed by atoms with E-state index in [1.165, 1.54) is 24.0 Å². The fraction of sp³-hybridized carbons (Fsp3) is 0.650. The Balaban J connectivity index is 1.64. The molecular formula is C20H32N4O. The third-order valence-corrected chi connectivity index (χ3v) is 5.29. The molecule has 2 aliphatic rings. The highest BCUT2D eigenvalue weighted by molar-refractivity contribution is 5.78. The Kier molecular flexibility index (Phi) is 6.45. The molecule has 2 fully saturated rings. The van der Waals surface area contributed by atoms with Crippen molar-refractivity contribution >= 4 is 5.91 Å². The van der Waals surface area contributed by atoms with Crippen molar-refractivity contribution in [2.75, 3.05) is 53.4 Å². The molecule has 1 aromatic carbocycles. The predicted octanol–water partition coefficient (Wildman–Crippen LogP) is 1.71. The highest BCUT2D eigenvalue weighted by atomic mass is 16.2. The highest BCUT2D eigenvalue weighted by Crippen LogP contribution is 2.31. The van der Waals surface area contributed by atoms with E-state index in [0.717, 1.165) is 45.7 Å². The lowest BCUT2D eigenvalue weighted by Crippen LogP contribution is -2.50. The number of hydrogen-bond acceptors (Lipinski definition) is 4. The standard InChI is InChI=1S/C20H32N4O/c1-22(2)15-17-6-8-18(9-7-17)19-5-3-4-12-24(19)16-20(25)23-13-10-21-11-14-23/h6-9,19,21H,3-5,10-16H2,1-2H3. The highest BCUT2D eigenvalue weighted by Gasteiger charge is 2.27. The van der Waals surface area contributed by atoms with Gasteiger partial charge in [0.25, 0.3) is 0 Å². The summed E-state index contributed by atoms with van der Waals surface area (Å²) in [6.45, 7) is 6.08. The quantitative estimate of drug-likeness (QED) is 0.883. The van der Waals surface area contributed by atoms with Crippen LogP contribution in [0.25, 0.3) is 0 Å². The van der Waals surface area contributed by atoms with Gasteiger partial charge in [-0.25, -0.2) is 0 Å². The number of amides is 1. The molecule has 2 saturated heterocycles. The summed E-state index contributed by atoms with van der Waals surface area (Å²) in [7, 11) is 4.19. The number of nitrogens with zero attached hydrogens (tertiary/aromatic N) is 3. The van der Waals surface area contributed by atoms with E-state index in [4.69, 9.17) is 0 Å². The Morgan fingerprint density at radius 2 is 1.84 bits per heavy atom. The molecule has 1 unspecified atom stereocenters. The third kappa shape index (κ3) is 5.03. The number of benzene rings is 1. The van der Waals surface area contributed by atoms with Crippen molar-refractivity contribution in [1.82, 2.24) is 20.0 Å². The molecule has 1 aromatic rings. The lowest BCUT2D eigenvalue weighted by atomic mass is 9.94. The van der Waals surface area contributed by atoms with Crippen LogP contribution in [0.2, 0.25) is 0 Å². The van der Waals surface area contributed by atoms with Crippen LogP contribution < -0.4 is 5.32 Å². The lowest BCUT2D eigenvalue weighted by Gasteiger charge is -2.37. The smallest absolute Gasteiger partial charge is 0.236 e. The summed E-state index contributed by atoms with van der Waals surface area (Å²) in [6, 6.07) is 9.38. The molecule has 0 radical (unpaired) electrons. The SMILES string of the molecule is CN(C)Cc1ccc(C2CCCCN2CC(=O)N2CCNCC2)cc1. The van der Waals surface area contributed by atoms with Crippen LogP contribution in [-0.4, -0.2) is 74.0 Å². The number of carbonyl (C=O) groups excluding carboxylic acids is 1. The number of likely N-dealkylation sites (tertiary alicyclic amines) is 1. The normalized spacial score (nSPS) is 22.4. The molecule has 5 nitrogen and oxygen atoms in total. The van der Waals surface area contributed by atoms with Gasteiger partial charge >= 0.3 is 0 Å². The molecule has 1 atom stereocenters. The molecule has 25 heavy (non-hydrogen) atoms. The minimum absolute atomic E-state index is 0.289. The van der Waals surface area contributed by atoms with E-state index in [1.54, 1.807) is 0 Å². The average molecular weight is 345 g/mol. The van der Waals surface area contributed by atoms with E-state index in [2.05, 4.69) is 53.5 Å². The molecule has 0 bridgehead atoms. The van der Waals surface area contributed by atoms with Crippen molar-refractivity contribution < 1.29 is 4.79 Å². The molecule has 0 aromatic heterocycles. The van der Waals surface area contributed by atoms with Crippen molar-refractivity contribution in [3.63, 3.8) is 0 Å². The molecule has 0 spiro atoms. The van der Waals surface area contributed by atoms with Gasteiger partial charge in [0.15, 0.2) is 0 Å². The number of rotatable bonds is 5. The first kappa shape index (κ1) is 18.4. The van der Waals surface area contributed by atoms with Crippen LogP contribution in [0, 0.1) is 0 Å². The van der Waals surface area contributed by atoms with Gasteiger partial charge in [0.1, 0.15) is 0 Å². The maximum atomic E-state index is 12.7. The van der Waals surface area contributed by atoms with Gasteiger partial charge in [-0.1, -0.05) is 30.7 Å². The zero-order valence-corrected chi connectivity index (χ0v) is 15.7. The summed E-state index contributed by atoms with van der Waals surface area (Å²) in [6.07, 6.45) is 3.61. The van der Waals surface area contributed by atoms with E-state index < -0.39 is 0 Å².